The summed E-state index contributed by atoms with van der Waals surface area (Å²) in [6, 6.07) is 16.2. The first-order valence-corrected chi connectivity index (χ1v) is 13.3. The van der Waals surface area contributed by atoms with E-state index in [2.05, 4.69) is 10.6 Å². The van der Waals surface area contributed by atoms with Gasteiger partial charge in [0.05, 0.1) is 23.0 Å². The van der Waals surface area contributed by atoms with E-state index in [4.69, 9.17) is 14.2 Å². The molecule has 11 heteroatoms. The summed E-state index contributed by atoms with van der Waals surface area (Å²) < 4.78 is 17.2. The first-order chi connectivity index (χ1) is 19.2. The van der Waals surface area contributed by atoms with Crippen molar-refractivity contribution >= 4 is 63.8 Å². The Balaban J connectivity index is 1.54. The van der Waals surface area contributed by atoms with Gasteiger partial charge in [-0.25, -0.2) is 9.69 Å². The number of hydrogen-bond acceptors (Lipinski definition) is 7. The number of methoxy groups -OCH3 is 1. The molecule has 4 rings (SSSR count). The lowest BCUT2D eigenvalue weighted by molar-refractivity contribution is -0.122. The molecule has 10 nitrogen and oxygen atoms in total. The Kier molecular flexibility index (Phi) is 9.04. The molecule has 2 N–H and O–H groups in total. The number of halogens is 1. The second-order valence-corrected chi connectivity index (χ2v) is 9.79. The topological polar surface area (TPSA) is 123 Å². The number of anilines is 2. The maximum absolute atomic E-state index is 13.3. The van der Waals surface area contributed by atoms with E-state index in [1.165, 1.54) is 13.2 Å². The van der Waals surface area contributed by atoms with E-state index in [1.54, 1.807) is 42.5 Å². The third-order valence-corrected chi connectivity index (χ3v) is 6.52. The van der Waals surface area contributed by atoms with Crippen molar-refractivity contribution in [3.8, 4) is 17.2 Å². The van der Waals surface area contributed by atoms with Crippen molar-refractivity contribution in [2.75, 3.05) is 30.5 Å². The minimum Gasteiger partial charge on any atom is -0.494 e. The number of hydrogen-bond donors (Lipinski definition) is 2. The maximum Gasteiger partial charge on any atom is 0.335 e. The summed E-state index contributed by atoms with van der Waals surface area (Å²) in [5, 5.41) is 4.98. The summed E-state index contributed by atoms with van der Waals surface area (Å²) >= 11 is 2.01. The van der Waals surface area contributed by atoms with Crippen LogP contribution in [0, 0.1) is 10.5 Å². The molecule has 40 heavy (non-hydrogen) atoms. The molecule has 0 bridgehead atoms. The van der Waals surface area contributed by atoms with Crippen LogP contribution in [0.25, 0.3) is 6.08 Å². The second-order valence-electron chi connectivity index (χ2n) is 8.63. The van der Waals surface area contributed by atoms with Crippen LogP contribution in [-0.2, 0) is 14.4 Å². The highest BCUT2D eigenvalue weighted by molar-refractivity contribution is 14.1. The number of ether oxygens (including phenoxy) is 3. The van der Waals surface area contributed by atoms with Gasteiger partial charge in [-0.3, -0.25) is 19.7 Å². The molecule has 1 heterocycles. The fourth-order valence-corrected chi connectivity index (χ4v) is 4.72. The molecule has 0 atom stereocenters. The van der Waals surface area contributed by atoms with Gasteiger partial charge in [-0.1, -0.05) is 12.1 Å². The molecular formula is C29H26IN3O7. The van der Waals surface area contributed by atoms with Gasteiger partial charge in [0.25, 0.3) is 17.7 Å². The minimum absolute atomic E-state index is 0.238. The SMILES string of the molecule is CCOc1ccc(N2C(=O)NC(=O)/C(=C\c3cc(I)c(OCC(=O)Nc4cccc(C)c4)c(OC)c3)C2=O)cc1. The Morgan fingerprint density at radius 2 is 1.80 bits per heavy atom. The van der Waals surface area contributed by atoms with Gasteiger partial charge in [0.1, 0.15) is 11.3 Å². The summed E-state index contributed by atoms with van der Waals surface area (Å²) in [7, 11) is 1.44. The standard InChI is InChI=1S/C29H26IN3O7/c1-4-39-21-10-8-20(9-11-21)33-28(36)22(27(35)32-29(33)37)13-18-14-23(30)26(24(15-18)38-3)40-16-25(34)31-19-7-5-6-17(2)12-19/h5-15H,4,16H2,1-3H3,(H,31,34)(H,32,35,37)/b22-13+. The number of nitrogens with zero attached hydrogens (tertiary/aromatic N) is 1. The van der Waals surface area contributed by atoms with E-state index < -0.39 is 17.8 Å². The van der Waals surface area contributed by atoms with E-state index >= 15 is 0 Å². The molecule has 3 aromatic carbocycles. The Morgan fingerprint density at radius 1 is 1.05 bits per heavy atom. The Bertz CT molecular complexity index is 1500. The monoisotopic (exact) mass is 655 g/mol. The molecule has 0 aliphatic carbocycles. The lowest BCUT2D eigenvalue weighted by Gasteiger charge is -2.26. The molecule has 1 aliphatic heterocycles. The lowest BCUT2D eigenvalue weighted by atomic mass is 10.1. The van der Waals surface area contributed by atoms with Crippen molar-refractivity contribution in [3.05, 3.63) is 80.9 Å². The molecule has 1 saturated heterocycles. The number of carbonyl (C=O) groups excluding carboxylic acids is 4. The number of carbonyl (C=O) groups is 4. The minimum atomic E-state index is -0.851. The maximum atomic E-state index is 13.3. The van der Waals surface area contributed by atoms with Crippen LogP contribution in [0.5, 0.6) is 17.2 Å². The fraction of sp³-hybridized carbons (Fsp3) is 0.172. The molecule has 0 saturated carbocycles. The summed E-state index contributed by atoms with van der Waals surface area (Å²) in [5.74, 6) is -0.738. The molecule has 0 radical (unpaired) electrons. The van der Waals surface area contributed by atoms with Crippen LogP contribution in [0.15, 0.2) is 66.2 Å². The average molecular weight is 655 g/mol. The van der Waals surface area contributed by atoms with Gasteiger partial charge in [-0.2, -0.15) is 0 Å². The number of imide groups is 2. The first-order valence-electron chi connectivity index (χ1n) is 12.2. The quantitative estimate of drug-likeness (QED) is 0.195. The molecular weight excluding hydrogens is 629 g/mol. The largest absolute Gasteiger partial charge is 0.494 e. The van der Waals surface area contributed by atoms with Crippen molar-refractivity contribution in [1.29, 1.82) is 0 Å². The van der Waals surface area contributed by atoms with Gasteiger partial charge < -0.3 is 19.5 Å². The molecule has 0 aromatic heterocycles. The van der Waals surface area contributed by atoms with Crippen molar-refractivity contribution in [2.45, 2.75) is 13.8 Å². The van der Waals surface area contributed by atoms with Crippen LogP contribution >= 0.6 is 22.6 Å². The molecule has 3 aromatic rings. The Hall–Kier alpha value is -4.39. The van der Waals surface area contributed by atoms with Crippen LogP contribution in [0.3, 0.4) is 0 Å². The molecule has 1 fully saturated rings. The van der Waals surface area contributed by atoms with E-state index in [0.717, 1.165) is 10.5 Å². The van der Waals surface area contributed by atoms with Gasteiger partial charge in [0.15, 0.2) is 18.1 Å². The summed E-state index contributed by atoms with van der Waals surface area (Å²) in [6.45, 7) is 3.98. The molecule has 1 aliphatic rings. The molecule has 0 unspecified atom stereocenters. The summed E-state index contributed by atoms with van der Waals surface area (Å²) in [4.78, 5) is 51.7. The number of barbiturate groups is 1. The van der Waals surface area contributed by atoms with E-state index in [9.17, 15) is 19.2 Å². The van der Waals surface area contributed by atoms with Crippen LogP contribution in [0.4, 0.5) is 16.2 Å². The van der Waals surface area contributed by atoms with Crippen molar-refractivity contribution in [2.24, 2.45) is 0 Å². The number of amides is 5. The number of urea groups is 1. The van der Waals surface area contributed by atoms with E-state index in [-0.39, 0.29) is 23.8 Å². The van der Waals surface area contributed by atoms with Gasteiger partial charge in [0, 0.05) is 5.69 Å². The third-order valence-electron chi connectivity index (χ3n) is 5.72. The van der Waals surface area contributed by atoms with Crippen LogP contribution in [-0.4, -0.2) is 44.1 Å². The first kappa shape index (κ1) is 28.6. The lowest BCUT2D eigenvalue weighted by Crippen LogP contribution is -2.54. The molecule has 0 spiro atoms. The van der Waals surface area contributed by atoms with Crippen LogP contribution in [0.2, 0.25) is 0 Å². The normalized spacial score (nSPS) is 14.2. The number of benzene rings is 3. The highest BCUT2D eigenvalue weighted by atomic mass is 127. The second kappa shape index (κ2) is 12.6. The van der Waals surface area contributed by atoms with E-state index in [1.807, 2.05) is 54.6 Å². The zero-order valence-electron chi connectivity index (χ0n) is 21.9. The van der Waals surface area contributed by atoms with Crippen LogP contribution < -0.4 is 29.7 Å². The summed E-state index contributed by atoms with van der Waals surface area (Å²) in [6.07, 6.45) is 1.37. The molecule has 5 amide bonds. The van der Waals surface area contributed by atoms with Gasteiger partial charge in [0.2, 0.25) is 0 Å². The zero-order chi connectivity index (χ0) is 28.8. The summed E-state index contributed by atoms with van der Waals surface area (Å²) in [5.41, 5.74) is 2.17. The zero-order valence-corrected chi connectivity index (χ0v) is 24.1. The van der Waals surface area contributed by atoms with Crippen molar-refractivity contribution in [3.63, 3.8) is 0 Å². The predicted octanol–water partition coefficient (Wildman–Crippen LogP) is 4.69. The third kappa shape index (κ3) is 6.60. The number of aryl methyl sites for hydroxylation is 1. The van der Waals surface area contributed by atoms with Crippen LogP contribution in [0.1, 0.15) is 18.1 Å². The van der Waals surface area contributed by atoms with Gasteiger partial charge in [-0.15, -0.1) is 0 Å². The predicted molar refractivity (Wildman–Crippen MR) is 158 cm³/mol. The highest BCUT2D eigenvalue weighted by Crippen LogP contribution is 2.35. The molecule has 206 valence electrons. The van der Waals surface area contributed by atoms with Gasteiger partial charge in [-0.05, 0) is 102 Å². The Morgan fingerprint density at radius 3 is 2.48 bits per heavy atom. The number of rotatable bonds is 9. The fourth-order valence-electron chi connectivity index (χ4n) is 3.94. The van der Waals surface area contributed by atoms with Gasteiger partial charge >= 0.3 is 6.03 Å². The smallest absolute Gasteiger partial charge is 0.335 e. The van der Waals surface area contributed by atoms with Crippen molar-refractivity contribution < 1.29 is 33.4 Å². The Labute approximate surface area is 244 Å². The van der Waals surface area contributed by atoms with Crippen molar-refractivity contribution in [1.82, 2.24) is 5.32 Å². The van der Waals surface area contributed by atoms with E-state index in [0.29, 0.717) is 38.7 Å². The average Bonchev–Trinajstić information content (AvgIpc) is 2.91. The highest BCUT2D eigenvalue weighted by Gasteiger charge is 2.37. The number of nitrogens with one attached hydrogen (secondary N) is 2.